The molecule has 0 atom stereocenters. The number of thioether (sulfide) groups is 1. The van der Waals surface area contributed by atoms with Crippen LogP contribution in [0, 0.1) is 0 Å². The first-order valence-electron chi connectivity index (χ1n) is 8.61. The van der Waals surface area contributed by atoms with Gasteiger partial charge in [-0.3, -0.25) is 14.5 Å². The Morgan fingerprint density at radius 3 is 2.18 bits per heavy atom. The monoisotopic (exact) mass is 457 g/mol. The minimum atomic E-state index is -0.233. The van der Waals surface area contributed by atoms with Gasteiger partial charge in [-0.05, 0) is 30.7 Å². The zero-order valence-electron chi connectivity index (χ0n) is 14.7. The number of amides is 2. The van der Waals surface area contributed by atoms with Crippen LogP contribution < -0.4 is 5.84 Å². The van der Waals surface area contributed by atoms with E-state index in [9.17, 15) is 9.59 Å². The summed E-state index contributed by atoms with van der Waals surface area (Å²) in [5, 5.41) is 8.90. The number of carbonyl (C=O) groups is 2. The van der Waals surface area contributed by atoms with Crippen molar-refractivity contribution in [1.29, 1.82) is 0 Å². The van der Waals surface area contributed by atoms with Crippen LogP contribution in [0.25, 0.3) is 11.4 Å². The Morgan fingerprint density at radius 1 is 0.929 bits per heavy atom. The van der Waals surface area contributed by atoms with Crippen LogP contribution in [0.2, 0.25) is 0 Å². The molecule has 3 aromatic rings. The molecule has 0 fully saturated rings. The van der Waals surface area contributed by atoms with Crippen LogP contribution >= 0.6 is 27.7 Å². The molecule has 0 saturated heterocycles. The molecule has 0 radical (unpaired) electrons. The Balaban J connectivity index is 1.36. The number of hydrogen-bond donors (Lipinski definition) is 1. The van der Waals surface area contributed by atoms with Crippen LogP contribution in [-0.2, 0) is 0 Å². The van der Waals surface area contributed by atoms with E-state index in [1.807, 2.05) is 24.3 Å². The zero-order chi connectivity index (χ0) is 19.7. The van der Waals surface area contributed by atoms with E-state index in [0.29, 0.717) is 40.8 Å². The largest absolute Gasteiger partial charge is 0.335 e. The normalized spacial score (nSPS) is 13.2. The summed E-state index contributed by atoms with van der Waals surface area (Å²) in [5.41, 5.74) is 1.80. The maximum absolute atomic E-state index is 12.4. The average molecular weight is 458 g/mol. The van der Waals surface area contributed by atoms with Crippen molar-refractivity contribution in [2.24, 2.45) is 0 Å². The number of aromatic nitrogens is 3. The maximum atomic E-state index is 12.4. The lowest BCUT2D eigenvalue weighted by Crippen LogP contribution is -2.31. The van der Waals surface area contributed by atoms with E-state index in [1.54, 1.807) is 24.3 Å². The van der Waals surface area contributed by atoms with Crippen molar-refractivity contribution in [3.8, 4) is 11.4 Å². The van der Waals surface area contributed by atoms with Crippen molar-refractivity contribution in [2.45, 2.75) is 11.6 Å². The molecule has 2 amide bonds. The second-order valence-corrected chi connectivity index (χ2v) is 8.08. The van der Waals surface area contributed by atoms with Gasteiger partial charge in [0.15, 0.2) is 5.82 Å². The SMILES string of the molecule is Nn1c(SCCCN2C(=O)c3ccccc3C2=O)nnc1-c1ccccc1Br. The summed E-state index contributed by atoms with van der Waals surface area (Å²) in [5.74, 6) is 6.89. The predicted octanol–water partition coefficient (Wildman–Crippen LogP) is 3.20. The fraction of sp³-hybridized carbons (Fsp3) is 0.158. The van der Waals surface area contributed by atoms with E-state index >= 15 is 0 Å². The lowest BCUT2D eigenvalue weighted by Gasteiger charge is -2.13. The highest BCUT2D eigenvalue weighted by molar-refractivity contribution is 9.10. The molecule has 142 valence electrons. The fourth-order valence-corrected chi connectivity index (χ4v) is 4.27. The molecule has 1 aromatic heterocycles. The minimum Gasteiger partial charge on any atom is -0.335 e. The second kappa shape index (κ2) is 7.76. The quantitative estimate of drug-likeness (QED) is 0.264. The van der Waals surface area contributed by atoms with E-state index in [2.05, 4.69) is 26.1 Å². The van der Waals surface area contributed by atoms with Crippen LogP contribution in [0.4, 0.5) is 0 Å². The van der Waals surface area contributed by atoms with Crippen molar-refractivity contribution in [3.05, 3.63) is 64.1 Å². The number of nitrogens with two attached hydrogens (primary N) is 1. The molecule has 7 nitrogen and oxygen atoms in total. The predicted molar refractivity (Wildman–Crippen MR) is 110 cm³/mol. The van der Waals surface area contributed by atoms with Gasteiger partial charge >= 0.3 is 0 Å². The first-order chi connectivity index (χ1) is 13.6. The molecule has 0 saturated carbocycles. The average Bonchev–Trinajstić information content (AvgIpc) is 3.18. The van der Waals surface area contributed by atoms with Crippen molar-refractivity contribution in [2.75, 3.05) is 18.1 Å². The highest BCUT2D eigenvalue weighted by Gasteiger charge is 2.34. The lowest BCUT2D eigenvalue weighted by atomic mass is 10.1. The number of benzene rings is 2. The Hall–Kier alpha value is -2.65. The molecular weight excluding hydrogens is 442 g/mol. The van der Waals surface area contributed by atoms with E-state index < -0.39 is 0 Å². The lowest BCUT2D eigenvalue weighted by molar-refractivity contribution is 0.0655. The van der Waals surface area contributed by atoms with Gasteiger partial charge < -0.3 is 5.84 Å². The van der Waals surface area contributed by atoms with E-state index in [4.69, 9.17) is 5.84 Å². The van der Waals surface area contributed by atoms with Crippen molar-refractivity contribution in [1.82, 2.24) is 19.8 Å². The van der Waals surface area contributed by atoms with Crippen LogP contribution in [0.3, 0.4) is 0 Å². The molecule has 28 heavy (non-hydrogen) atoms. The number of nitrogens with zero attached hydrogens (tertiary/aromatic N) is 4. The number of hydrogen-bond acceptors (Lipinski definition) is 6. The molecule has 9 heteroatoms. The Morgan fingerprint density at radius 2 is 1.54 bits per heavy atom. The smallest absolute Gasteiger partial charge is 0.261 e. The summed E-state index contributed by atoms with van der Waals surface area (Å²) in [6.45, 7) is 0.356. The van der Waals surface area contributed by atoms with Gasteiger partial charge in [-0.25, -0.2) is 4.68 Å². The molecule has 2 aromatic carbocycles. The van der Waals surface area contributed by atoms with Gasteiger partial charge in [0.1, 0.15) is 0 Å². The van der Waals surface area contributed by atoms with E-state index in [1.165, 1.54) is 21.3 Å². The highest BCUT2D eigenvalue weighted by Crippen LogP contribution is 2.28. The molecule has 0 spiro atoms. The van der Waals surface area contributed by atoms with Gasteiger partial charge in [-0.15, -0.1) is 10.2 Å². The van der Waals surface area contributed by atoms with Crippen molar-refractivity contribution < 1.29 is 9.59 Å². The molecule has 2 N–H and O–H groups in total. The van der Waals surface area contributed by atoms with Gasteiger partial charge in [0, 0.05) is 22.3 Å². The topological polar surface area (TPSA) is 94.1 Å². The maximum Gasteiger partial charge on any atom is 0.261 e. The first kappa shape index (κ1) is 18.7. The summed E-state index contributed by atoms with van der Waals surface area (Å²) in [7, 11) is 0. The number of rotatable bonds is 6. The highest BCUT2D eigenvalue weighted by atomic mass is 79.9. The second-order valence-electron chi connectivity index (χ2n) is 6.17. The Labute approximate surface area is 174 Å². The van der Waals surface area contributed by atoms with Gasteiger partial charge in [-0.2, -0.15) is 0 Å². The van der Waals surface area contributed by atoms with Gasteiger partial charge in [0.05, 0.1) is 11.1 Å². The third kappa shape index (κ3) is 3.31. The van der Waals surface area contributed by atoms with Crippen LogP contribution in [0.5, 0.6) is 0 Å². The third-order valence-electron chi connectivity index (χ3n) is 4.41. The summed E-state index contributed by atoms with van der Waals surface area (Å²) >= 11 is 4.93. The molecule has 0 bridgehead atoms. The number of halogens is 1. The standard InChI is InChI=1S/C19H16BrN5O2S/c20-15-9-4-3-8-14(15)16-22-23-19(25(16)21)28-11-5-10-24-17(26)12-6-1-2-7-13(12)18(24)27/h1-4,6-9H,5,10-11,21H2. The molecular formula is C19H16BrN5O2S. The van der Waals surface area contributed by atoms with Gasteiger partial charge in [-0.1, -0.05) is 52.0 Å². The van der Waals surface area contributed by atoms with Crippen molar-refractivity contribution in [3.63, 3.8) is 0 Å². The van der Waals surface area contributed by atoms with Crippen LogP contribution in [0.15, 0.2) is 58.2 Å². The zero-order valence-corrected chi connectivity index (χ0v) is 17.1. The summed E-state index contributed by atoms with van der Waals surface area (Å²) in [6.07, 6.45) is 0.632. The summed E-state index contributed by atoms with van der Waals surface area (Å²) in [6, 6.07) is 14.5. The number of nitrogen functional groups attached to an aromatic ring is 1. The number of carbonyl (C=O) groups excluding carboxylic acids is 2. The third-order valence-corrected chi connectivity index (χ3v) is 6.14. The molecule has 2 heterocycles. The van der Waals surface area contributed by atoms with E-state index in [-0.39, 0.29) is 11.8 Å². The Bertz CT molecular complexity index is 1030. The summed E-state index contributed by atoms with van der Waals surface area (Å²) in [4.78, 5) is 26.0. The summed E-state index contributed by atoms with van der Waals surface area (Å²) < 4.78 is 2.34. The Kier molecular flexibility index (Phi) is 5.19. The van der Waals surface area contributed by atoms with Crippen molar-refractivity contribution >= 4 is 39.5 Å². The van der Waals surface area contributed by atoms with Gasteiger partial charge in [0.25, 0.3) is 11.8 Å². The first-order valence-corrected chi connectivity index (χ1v) is 10.4. The van der Waals surface area contributed by atoms with Crippen LogP contribution in [0.1, 0.15) is 27.1 Å². The molecule has 1 aliphatic heterocycles. The molecule has 4 rings (SSSR count). The van der Waals surface area contributed by atoms with Gasteiger partial charge in [0.2, 0.25) is 5.16 Å². The number of fused-ring (bicyclic) bond motifs is 1. The van der Waals surface area contributed by atoms with E-state index in [0.717, 1.165) is 10.0 Å². The minimum absolute atomic E-state index is 0.233. The molecule has 0 aliphatic carbocycles. The molecule has 0 unspecified atom stereocenters. The fourth-order valence-electron chi connectivity index (χ4n) is 3.03. The van der Waals surface area contributed by atoms with Crippen LogP contribution in [-0.4, -0.2) is 43.9 Å². The molecule has 1 aliphatic rings. The number of imide groups is 1.